The van der Waals surface area contributed by atoms with Crippen LogP contribution < -0.4 is 5.32 Å². The summed E-state index contributed by atoms with van der Waals surface area (Å²) in [6.07, 6.45) is 1.86. The van der Waals surface area contributed by atoms with Crippen LogP contribution in [0.25, 0.3) is 11.0 Å². The monoisotopic (exact) mass is 364 g/mol. The van der Waals surface area contributed by atoms with Crippen LogP contribution in [0.1, 0.15) is 36.6 Å². The van der Waals surface area contributed by atoms with Crippen molar-refractivity contribution in [2.45, 2.75) is 25.8 Å². The normalized spacial score (nSPS) is 14.4. The summed E-state index contributed by atoms with van der Waals surface area (Å²) in [7, 11) is 0. The van der Waals surface area contributed by atoms with Crippen molar-refractivity contribution in [2.75, 3.05) is 6.54 Å². The molecule has 0 saturated carbocycles. The third-order valence-electron chi connectivity index (χ3n) is 3.53. The van der Waals surface area contributed by atoms with E-state index in [-0.39, 0.29) is 6.04 Å². The minimum absolute atomic E-state index is 0.179. The van der Waals surface area contributed by atoms with E-state index in [1.165, 1.54) is 5.01 Å². The van der Waals surface area contributed by atoms with Crippen LogP contribution in [-0.2, 0) is 0 Å². The zero-order valence-corrected chi connectivity index (χ0v) is 14.4. The molecule has 0 aliphatic heterocycles. The summed E-state index contributed by atoms with van der Waals surface area (Å²) < 4.78 is 6.98. The molecule has 0 amide bonds. The Labute approximate surface area is 136 Å². The highest BCUT2D eigenvalue weighted by Gasteiger charge is 2.14. The Hall–Kier alpha value is -1.17. The van der Waals surface area contributed by atoms with Crippen LogP contribution in [0.3, 0.4) is 0 Å². The number of hydrogen-bond donors (Lipinski definition) is 1. The molecule has 1 N–H and O–H groups in total. The molecule has 0 radical (unpaired) electrons. The van der Waals surface area contributed by atoms with Crippen molar-refractivity contribution in [3.8, 4) is 0 Å². The van der Waals surface area contributed by atoms with Gasteiger partial charge in [0.2, 0.25) is 0 Å². The van der Waals surface area contributed by atoms with Crippen molar-refractivity contribution in [3.05, 3.63) is 51.1 Å². The van der Waals surface area contributed by atoms with Crippen molar-refractivity contribution in [1.29, 1.82) is 0 Å². The summed E-state index contributed by atoms with van der Waals surface area (Å²) in [5.41, 5.74) is 0.926. The van der Waals surface area contributed by atoms with Gasteiger partial charge in [0.05, 0.1) is 11.0 Å². The summed E-state index contributed by atoms with van der Waals surface area (Å²) in [6.45, 7) is 5.20. The van der Waals surface area contributed by atoms with Gasteiger partial charge in [0.1, 0.15) is 11.3 Å². The topological polar surface area (TPSA) is 38.1 Å². The molecular weight excluding hydrogens is 348 g/mol. The van der Waals surface area contributed by atoms with Crippen LogP contribution in [0, 0.1) is 0 Å². The molecule has 1 aromatic carbocycles. The van der Waals surface area contributed by atoms with Gasteiger partial charge in [0.15, 0.2) is 0 Å². The lowest BCUT2D eigenvalue weighted by Gasteiger charge is -2.14. The average molecular weight is 365 g/mol. The molecule has 2 heterocycles. The van der Waals surface area contributed by atoms with Crippen LogP contribution in [0.2, 0.25) is 0 Å². The van der Waals surface area contributed by atoms with Gasteiger partial charge in [-0.05, 0) is 31.2 Å². The lowest BCUT2D eigenvalue weighted by atomic mass is 10.1. The summed E-state index contributed by atoms with van der Waals surface area (Å²) in [5, 5.41) is 7.84. The lowest BCUT2D eigenvalue weighted by Crippen LogP contribution is -2.23. The van der Waals surface area contributed by atoms with Gasteiger partial charge in [-0.1, -0.05) is 22.9 Å². The number of nitrogens with one attached hydrogen (secondary N) is 1. The van der Waals surface area contributed by atoms with E-state index in [9.17, 15) is 0 Å². The van der Waals surface area contributed by atoms with E-state index in [0.717, 1.165) is 27.7 Å². The molecule has 0 aliphatic carbocycles. The summed E-state index contributed by atoms with van der Waals surface area (Å²) in [4.78, 5) is 4.36. The number of aromatic nitrogens is 1. The van der Waals surface area contributed by atoms with Crippen molar-refractivity contribution in [3.63, 3.8) is 0 Å². The molecule has 0 spiro atoms. The molecule has 3 nitrogen and oxygen atoms in total. The molecule has 2 unspecified atom stereocenters. The number of thiazole rings is 1. The van der Waals surface area contributed by atoms with Crippen molar-refractivity contribution >= 4 is 38.2 Å². The molecule has 0 fully saturated rings. The Bertz CT molecular complexity index is 723. The van der Waals surface area contributed by atoms with Crippen LogP contribution in [0.15, 0.2) is 44.7 Å². The molecule has 5 heteroatoms. The fraction of sp³-hybridized carbons (Fsp3) is 0.312. The van der Waals surface area contributed by atoms with Crippen molar-refractivity contribution < 1.29 is 4.42 Å². The van der Waals surface area contributed by atoms with Crippen molar-refractivity contribution in [2.24, 2.45) is 0 Å². The zero-order valence-electron chi connectivity index (χ0n) is 12.0. The highest BCUT2D eigenvalue weighted by Crippen LogP contribution is 2.27. The molecule has 110 valence electrons. The third-order valence-corrected chi connectivity index (χ3v) is 5.03. The fourth-order valence-electron chi connectivity index (χ4n) is 2.27. The Balaban J connectivity index is 1.67. The Morgan fingerprint density at radius 3 is 2.95 bits per heavy atom. The molecule has 3 aromatic rings. The minimum atomic E-state index is 0.179. The number of benzene rings is 1. The highest BCUT2D eigenvalue weighted by atomic mass is 79.9. The van der Waals surface area contributed by atoms with E-state index >= 15 is 0 Å². The molecule has 3 rings (SSSR count). The third kappa shape index (κ3) is 3.36. The molecule has 0 saturated heterocycles. The van der Waals surface area contributed by atoms with E-state index in [0.29, 0.717) is 5.92 Å². The number of hydrogen-bond acceptors (Lipinski definition) is 4. The number of rotatable bonds is 5. The molecule has 2 atom stereocenters. The van der Waals surface area contributed by atoms with Gasteiger partial charge in [-0.15, -0.1) is 11.3 Å². The first-order valence-electron chi connectivity index (χ1n) is 6.95. The number of halogens is 1. The Kier molecular flexibility index (Phi) is 4.42. The van der Waals surface area contributed by atoms with Gasteiger partial charge in [0.25, 0.3) is 0 Å². The van der Waals surface area contributed by atoms with Crippen LogP contribution in [0.4, 0.5) is 0 Å². The van der Waals surface area contributed by atoms with Crippen LogP contribution in [-0.4, -0.2) is 11.5 Å². The largest absolute Gasteiger partial charge is 0.459 e. The van der Waals surface area contributed by atoms with Gasteiger partial charge in [-0.3, -0.25) is 0 Å². The molecule has 0 aliphatic rings. The molecule has 2 aromatic heterocycles. The van der Waals surface area contributed by atoms with Gasteiger partial charge in [-0.25, -0.2) is 4.98 Å². The maximum Gasteiger partial charge on any atom is 0.134 e. The number of nitrogens with zero attached hydrogens (tertiary/aromatic N) is 1. The first-order valence-corrected chi connectivity index (χ1v) is 8.62. The summed E-state index contributed by atoms with van der Waals surface area (Å²) in [5.74, 6) is 1.38. The average Bonchev–Trinajstić information content (AvgIpc) is 3.12. The van der Waals surface area contributed by atoms with E-state index in [1.807, 2.05) is 23.7 Å². The zero-order chi connectivity index (χ0) is 14.8. The minimum Gasteiger partial charge on any atom is -0.459 e. The standard InChI is InChI=1S/C16H17BrN2OS/c1-10(16-18-5-6-21-16)9-19-11(2)15-8-12-7-13(17)3-4-14(12)20-15/h3-8,10-11,19H,9H2,1-2H3. The van der Waals surface area contributed by atoms with Gasteiger partial charge >= 0.3 is 0 Å². The van der Waals surface area contributed by atoms with Crippen LogP contribution in [0.5, 0.6) is 0 Å². The SMILES string of the molecule is CC(CNC(C)c1cc2cc(Br)ccc2o1)c1nccs1. The van der Waals surface area contributed by atoms with E-state index in [1.54, 1.807) is 11.3 Å². The van der Waals surface area contributed by atoms with Gasteiger partial charge < -0.3 is 9.73 Å². The first-order chi connectivity index (χ1) is 10.1. The highest BCUT2D eigenvalue weighted by molar-refractivity contribution is 9.10. The maximum absolute atomic E-state index is 5.91. The quantitative estimate of drug-likeness (QED) is 0.683. The second kappa shape index (κ2) is 6.30. The molecule has 0 bridgehead atoms. The molecule has 21 heavy (non-hydrogen) atoms. The Morgan fingerprint density at radius 2 is 2.19 bits per heavy atom. The van der Waals surface area contributed by atoms with Crippen LogP contribution >= 0.6 is 27.3 Å². The summed E-state index contributed by atoms with van der Waals surface area (Å²) >= 11 is 5.19. The second-order valence-corrected chi connectivity index (χ2v) is 7.07. The van der Waals surface area contributed by atoms with Gasteiger partial charge in [-0.2, -0.15) is 0 Å². The van der Waals surface area contributed by atoms with Gasteiger partial charge in [0, 0.05) is 33.9 Å². The molecular formula is C16H17BrN2OS. The van der Waals surface area contributed by atoms with Crippen molar-refractivity contribution in [1.82, 2.24) is 10.3 Å². The number of fused-ring (bicyclic) bond motifs is 1. The lowest BCUT2D eigenvalue weighted by molar-refractivity contribution is 0.441. The summed E-state index contributed by atoms with van der Waals surface area (Å²) in [6, 6.07) is 8.35. The predicted molar refractivity (Wildman–Crippen MR) is 90.9 cm³/mol. The van der Waals surface area contributed by atoms with E-state index < -0.39 is 0 Å². The predicted octanol–water partition coefficient (Wildman–Crippen LogP) is 5.11. The van der Waals surface area contributed by atoms with E-state index in [2.05, 4.69) is 52.2 Å². The van der Waals surface area contributed by atoms with E-state index in [4.69, 9.17) is 4.42 Å². The maximum atomic E-state index is 5.91. The smallest absolute Gasteiger partial charge is 0.134 e. The second-order valence-electron chi connectivity index (χ2n) is 5.23. The number of furan rings is 1. The fourth-order valence-corrected chi connectivity index (χ4v) is 3.34. The first kappa shape index (κ1) is 14.8. The Morgan fingerprint density at radius 1 is 1.33 bits per heavy atom.